The van der Waals surface area contributed by atoms with Crippen molar-refractivity contribution in [1.82, 2.24) is 9.13 Å². The number of para-hydroxylation sites is 2. The number of furan rings is 2. The summed E-state index contributed by atoms with van der Waals surface area (Å²) in [5.41, 5.74) is 13.8. The number of fused-ring (bicyclic) bond motifs is 16. The first-order valence-electron chi connectivity index (χ1n) is 23.3. The van der Waals surface area contributed by atoms with Gasteiger partial charge in [-0.25, -0.2) is 0 Å². The van der Waals surface area contributed by atoms with Crippen molar-refractivity contribution in [3.05, 3.63) is 217 Å². The summed E-state index contributed by atoms with van der Waals surface area (Å²) in [7, 11) is 0. The van der Waals surface area contributed by atoms with Gasteiger partial charge in [-0.3, -0.25) is 0 Å². The number of hydrogen-bond donors (Lipinski definition) is 0. The number of aromatic nitrogens is 2. The Kier molecular flexibility index (Phi) is 7.82. The average Bonchev–Trinajstić information content (AvgIpc) is 4.17. The molecule has 0 bridgehead atoms. The van der Waals surface area contributed by atoms with Crippen molar-refractivity contribution in [3.8, 4) is 45.8 Å². The molecule has 15 rings (SSSR count). The van der Waals surface area contributed by atoms with E-state index >= 15 is 0 Å². The van der Waals surface area contributed by atoms with E-state index in [4.69, 9.17) is 8.83 Å². The van der Waals surface area contributed by atoms with Crippen LogP contribution in [0, 0.1) is 22.7 Å². The molecule has 4 heterocycles. The molecule has 15 aromatic rings. The molecule has 6 nitrogen and oxygen atoms in total. The van der Waals surface area contributed by atoms with Crippen LogP contribution in [0.3, 0.4) is 0 Å². The smallest absolute Gasteiger partial charge is 0.135 e. The van der Waals surface area contributed by atoms with E-state index < -0.39 is 0 Å². The van der Waals surface area contributed by atoms with Gasteiger partial charge in [-0.15, -0.1) is 0 Å². The molecule has 0 amide bonds. The molecular formula is C64H34N4O2. The third-order valence-electron chi connectivity index (χ3n) is 14.6. The van der Waals surface area contributed by atoms with Gasteiger partial charge < -0.3 is 18.0 Å². The standard InChI is InChI=1S/C64H34N4O2/c65-35-43-29-44(36-66)58(68-54-24-20-40(33-52(54)64-46-12-4-2-10-38(46)18-26-56(64)68)42-22-28-62-50(31-42)48-14-6-8-16-60(48)70-62)34-57(43)67-53-23-19-39(32-51(53)63-45-11-3-1-9-37(45)17-25-55(63)67)41-21-27-61-49(30-41)47-13-5-7-15-59(47)69-61/h1-34H. The highest BCUT2D eigenvalue weighted by Crippen LogP contribution is 2.44. The van der Waals surface area contributed by atoms with Crippen LogP contribution in [0.15, 0.2) is 215 Å². The van der Waals surface area contributed by atoms with Gasteiger partial charge in [0.1, 0.15) is 34.5 Å². The molecule has 0 aliphatic heterocycles. The molecule has 0 saturated heterocycles. The predicted molar refractivity (Wildman–Crippen MR) is 285 cm³/mol. The summed E-state index contributed by atoms with van der Waals surface area (Å²) in [4.78, 5) is 0. The molecule has 4 aromatic heterocycles. The lowest BCUT2D eigenvalue weighted by Gasteiger charge is -2.16. The molecular weight excluding hydrogens is 857 g/mol. The summed E-state index contributed by atoms with van der Waals surface area (Å²) in [5.74, 6) is 0. The van der Waals surface area contributed by atoms with Crippen LogP contribution < -0.4 is 0 Å². The van der Waals surface area contributed by atoms with Gasteiger partial charge in [0.25, 0.3) is 0 Å². The fraction of sp³-hybridized carbons (Fsp3) is 0. The average molecular weight is 891 g/mol. The zero-order chi connectivity index (χ0) is 46.2. The monoisotopic (exact) mass is 890 g/mol. The molecule has 0 unspecified atom stereocenters. The SMILES string of the molecule is N#Cc1cc(C#N)c(-n2c3ccc(-c4ccc5oc6ccccc6c5c4)cc3c3c4ccccc4ccc32)cc1-n1c2ccc(-c3ccc4oc5ccccc5c4c3)cc2c2c3ccccc3ccc21. The number of hydrogen-bond acceptors (Lipinski definition) is 4. The van der Waals surface area contributed by atoms with Gasteiger partial charge in [-0.2, -0.15) is 10.5 Å². The Hall–Kier alpha value is -9.88. The van der Waals surface area contributed by atoms with Crippen LogP contribution in [-0.4, -0.2) is 9.13 Å². The Morgan fingerprint density at radius 3 is 1.13 bits per heavy atom. The maximum absolute atomic E-state index is 11.0. The first-order valence-corrected chi connectivity index (χ1v) is 23.3. The van der Waals surface area contributed by atoms with E-state index in [2.05, 4.69) is 185 Å². The molecule has 0 atom stereocenters. The lowest BCUT2D eigenvalue weighted by Crippen LogP contribution is -2.04. The van der Waals surface area contributed by atoms with E-state index in [9.17, 15) is 10.5 Å². The van der Waals surface area contributed by atoms with Crippen molar-refractivity contribution in [2.75, 3.05) is 0 Å². The molecule has 0 spiro atoms. The van der Waals surface area contributed by atoms with Crippen LogP contribution in [0.4, 0.5) is 0 Å². The van der Waals surface area contributed by atoms with Gasteiger partial charge in [0.15, 0.2) is 0 Å². The fourth-order valence-electron chi connectivity index (χ4n) is 11.4. The second-order valence-electron chi connectivity index (χ2n) is 18.2. The van der Waals surface area contributed by atoms with E-state index in [-0.39, 0.29) is 0 Å². The van der Waals surface area contributed by atoms with E-state index in [0.717, 1.165) is 131 Å². The highest BCUT2D eigenvalue weighted by molar-refractivity contribution is 6.24. The van der Waals surface area contributed by atoms with Crippen molar-refractivity contribution in [1.29, 1.82) is 10.5 Å². The molecule has 0 aliphatic carbocycles. The second-order valence-corrected chi connectivity index (χ2v) is 18.2. The maximum atomic E-state index is 11.0. The third kappa shape index (κ3) is 5.36. The fourth-order valence-corrected chi connectivity index (χ4v) is 11.4. The summed E-state index contributed by atoms with van der Waals surface area (Å²) in [5, 5.41) is 35.2. The third-order valence-corrected chi connectivity index (χ3v) is 14.6. The zero-order valence-electron chi connectivity index (χ0n) is 37.2. The van der Waals surface area contributed by atoms with Crippen molar-refractivity contribution in [3.63, 3.8) is 0 Å². The summed E-state index contributed by atoms with van der Waals surface area (Å²) >= 11 is 0. The summed E-state index contributed by atoms with van der Waals surface area (Å²) in [6.07, 6.45) is 0. The number of benzene rings is 11. The molecule has 0 fully saturated rings. The quantitative estimate of drug-likeness (QED) is 0.176. The molecule has 322 valence electrons. The highest BCUT2D eigenvalue weighted by atomic mass is 16.3. The van der Waals surface area contributed by atoms with Crippen molar-refractivity contribution in [2.45, 2.75) is 0 Å². The molecule has 0 radical (unpaired) electrons. The van der Waals surface area contributed by atoms with Crippen molar-refractivity contribution < 1.29 is 8.83 Å². The predicted octanol–water partition coefficient (Wildman–Crippen LogP) is 17.1. The van der Waals surface area contributed by atoms with Crippen LogP contribution in [-0.2, 0) is 0 Å². The Labute approximate surface area is 398 Å². The first-order chi connectivity index (χ1) is 34.6. The lowest BCUT2D eigenvalue weighted by molar-refractivity contribution is 0.668. The van der Waals surface area contributed by atoms with Crippen LogP contribution >= 0.6 is 0 Å². The maximum Gasteiger partial charge on any atom is 0.135 e. The summed E-state index contributed by atoms with van der Waals surface area (Å²) < 4.78 is 16.8. The summed E-state index contributed by atoms with van der Waals surface area (Å²) in [6.45, 7) is 0. The molecule has 0 aliphatic rings. The Morgan fingerprint density at radius 2 is 0.671 bits per heavy atom. The molecule has 6 heteroatoms. The normalized spacial score (nSPS) is 12.0. The van der Waals surface area contributed by atoms with E-state index in [1.54, 1.807) is 6.07 Å². The van der Waals surface area contributed by atoms with Crippen molar-refractivity contribution >= 4 is 109 Å². The Morgan fingerprint density at radius 1 is 0.300 bits per heavy atom. The molecule has 11 aromatic carbocycles. The van der Waals surface area contributed by atoms with Gasteiger partial charge in [-0.1, -0.05) is 121 Å². The minimum atomic E-state index is 0.407. The van der Waals surface area contributed by atoms with E-state index in [1.807, 2.05) is 36.4 Å². The van der Waals surface area contributed by atoms with Crippen LogP contribution in [0.2, 0.25) is 0 Å². The second kappa shape index (κ2) is 14.3. The first kappa shape index (κ1) is 38.2. The number of nitriles is 2. The molecule has 0 saturated carbocycles. The molecule has 70 heavy (non-hydrogen) atoms. The van der Waals surface area contributed by atoms with Gasteiger partial charge in [0.05, 0.1) is 44.6 Å². The number of nitrogens with zero attached hydrogens (tertiary/aromatic N) is 4. The van der Waals surface area contributed by atoms with Gasteiger partial charge in [-0.05, 0) is 129 Å². The van der Waals surface area contributed by atoms with Crippen LogP contribution in [0.25, 0.3) is 143 Å². The van der Waals surface area contributed by atoms with Crippen LogP contribution in [0.5, 0.6) is 0 Å². The Bertz CT molecular complexity index is 4570. The Balaban J connectivity index is 0.983. The van der Waals surface area contributed by atoms with Gasteiger partial charge in [0.2, 0.25) is 0 Å². The minimum absolute atomic E-state index is 0.407. The largest absolute Gasteiger partial charge is 0.456 e. The topological polar surface area (TPSA) is 83.7 Å². The number of rotatable bonds is 4. The zero-order valence-corrected chi connectivity index (χ0v) is 37.2. The minimum Gasteiger partial charge on any atom is -0.456 e. The lowest BCUT2D eigenvalue weighted by atomic mass is 9.99. The van der Waals surface area contributed by atoms with Gasteiger partial charge >= 0.3 is 0 Å². The molecule has 0 N–H and O–H groups in total. The van der Waals surface area contributed by atoms with Crippen molar-refractivity contribution in [2.24, 2.45) is 0 Å². The van der Waals surface area contributed by atoms with E-state index in [0.29, 0.717) is 22.5 Å². The summed E-state index contributed by atoms with van der Waals surface area (Å²) in [6, 6.07) is 76.8. The van der Waals surface area contributed by atoms with Crippen LogP contribution in [0.1, 0.15) is 11.1 Å². The highest BCUT2D eigenvalue weighted by Gasteiger charge is 2.24. The van der Waals surface area contributed by atoms with E-state index in [1.165, 1.54) is 0 Å². The van der Waals surface area contributed by atoms with Gasteiger partial charge in [0, 0.05) is 43.1 Å².